The molecule has 130 valence electrons. The molecule has 4 nitrogen and oxygen atoms in total. The molecule has 2 aromatic carbocycles. The molecule has 0 atom stereocenters. The molecule has 0 bridgehead atoms. The first-order valence-corrected chi connectivity index (χ1v) is 8.08. The molecule has 0 aliphatic rings. The van der Waals surface area contributed by atoms with Crippen LogP contribution in [0.2, 0.25) is 10.0 Å². The zero-order chi connectivity index (χ0) is 18.1. The van der Waals surface area contributed by atoms with Gasteiger partial charge in [-0.15, -0.1) is 0 Å². The van der Waals surface area contributed by atoms with Gasteiger partial charge in [0.25, 0.3) is 0 Å². The summed E-state index contributed by atoms with van der Waals surface area (Å²) in [4.78, 5) is 17.9. The van der Waals surface area contributed by atoms with Crippen molar-refractivity contribution in [3.8, 4) is 0 Å². The quantitative estimate of drug-likeness (QED) is 0.674. The SMILES string of the molecule is CN(Cc1ccc(Cl)c(Cl)c1)C(=O)Cn1cnc2cc(F)c(F)cc21. The van der Waals surface area contributed by atoms with Gasteiger partial charge in [0, 0.05) is 25.7 Å². The van der Waals surface area contributed by atoms with Gasteiger partial charge in [-0.1, -0.05) is 29.3 Å². The first-order chi connectivity index (χ1) is 11.8. The number of carbonyl (C=O) groups excluding carboxylic acids is 1. The molecule has 0 spiro atoms. The number of fused-ring (bicyclic) bond motifs is 1. The molecule has 1 aromatic heterocycles. The number of nitrogens with zero attached hydrogens (tertiary/aromatic N) is 3. The Morgan fingerprint density at radius 2 is 1.88 bits per heavy atom. The lowest BCUT2D eigenvalue weighted by Crippen LogP contribution is -2.29. The van der Waals surface area contributed by atoms with Crippen LogP contribution >= 0.6 is 23.2 Å². The molecule has 0 saturated carbocycles. The van der Waals surface area contributed by atoms with Gasteiger partial charge in [0.2, 0.25) is 5.91 Å². The zero-order valence-corrected chi connectivity index (χ0v) is 14.7. The highest BCUT2D eigenvalue weighted by molar-refractivity contribution is 6.42. The van der Waals surface area contributed by atoms with Crippen molar-refractivity contribution in [3.05, 3.63) is 63.9 Å². The Bertz CT molecular complexity index is 958. The van der Waals surface area contributed by atoms with Crippen molar-refractivity contribution in [2.45, 2.75) is 13.1 Å². The van der Waals surface area contributed by atoms with E-state index in [-0.39, 0.29) is 12.5 Å². The van der Waals surface area contributed by atoms with Gasteiger partial charge in [-0.05, 0) is 17.7 Å². The fourth-order valence-corrected chi connectivity index (χ4v) is 2.77. The topological polar surface area (TPSA) is 38.1 Å². The molecule has 8 heteroatoms. The number of halogens is 4. The van der Waals surface area contributed by atoms with Gasteiger partial charge in [0.1, 0.15) is 6.54 Å². The van der Waals surface area contributed by atoms with Crippen LogP contribution in [0.3, 0.4) is 0 Å². The summed E-state index contributed by atoms with van der Waals surface area (Å²) in [5.41, 5.74) is 1.47. The number of carbonyl (C=O) groups is 1. The molecular formula is C17H13Cl2F2N3O. The van der Waals surface area contributed by atoms with Crippen molar-refractivity contribution in [3.63, 3.8) is 0 Å². The second-order valence-electron chi connectivity index (χ2n) is 5.63. The van der Waals surface area contributed by atoms with Gasteiger partial charge in [-0.2, -0.15) is 0 Å². The van der Waals surface area contributed by atoms with Crippen molar-refractivity contribution < 1.29 is 13.6 Å². The average Bonchev–Trinajstić information content (AvgIpc) is 2.93. The van der Waals surface area contributed by atoms with Crippen molar-refractivity contribution in [2.24, 2.45) is 0 Å². The Kier molecular flexibility index (Phi) is 4.92. The van der Waals surface area contributed by atoms with Gasteiger partial charge < -0.3 is 9.47 Å². The number of hydrogen-bond acceptors (Lipinski definition) is 2. The van der Waals surface area contributed by atoms with Crippen LogP contribution in [0.15, 0.2) is 36.7 Å². The first-order valence-electron chi connectivity index (χ1n) is 7.33. The third kappa shape index (κ3) is 3.75. The number of rotatable bonds is 4. The van der Waals surface area contributed by atoms with Gasteiger partial charge in [-0.25, -0.2) is 13.8 Å². The van der Waals surface area contributed by atoms with Crippen LogP contribution < -0.4 is 0 Å². The fraction of sp³-hybridized carbons (Fsp3) is 0.176. The van der Waals surface area contributed by atoms with Crippen molar-refractivity contribution in [2.75, 3.05) is 7.05 Å². The molecule has 25 heavy (non-hydrogen) atoms. The van der Waals surface area contributed by atoms with E-state index >= 15 is 0 Å². The maximum Gasteiger partial charge on any atom is 0.242 e. The number of hydrogen-bond donors (Lipinski definition) is 0. The summed E-state index contributed by atoms with van der Waals surface area (Å²) in [6, 6.07) is 7.18. The number of aromatic nitrogens is 2. The lowest BCUT2D eigenvalue weighted by Gasteiger charge is -2.18. The summed E-state index contributed by atoms with van der Waals surface area (Å²) in [7, 11) is 1.64. The van der Waals surface area contributed by atoms with Gasteiger partial charge in [-0.3, -0.25) is 4.79 Å². The molecule has 3 rings (SSSR count). The van der Waals surface area contributed by atoms with Gasteiger partial charge in [0.15, 0.2) is 11.6 Å². The van der Waals surface area contributed by atoms with Gasteiger partial charge >= 0.3 is 0 Å². The van der Waals surface area contributed by atoms with E-state index < -0.39 is 11.6 Å². The van der Waals surface area contributed by atoms with Crippen LogP contribution in [0.4, 0.5) is 8.78 Å². The third-order valence-electron chi connectivity index (χ3n) is 3.80. The van der Waals surface area contributed by atoms with Crippen molar-refractivity contribution in [1.82, 2.24) is 14.5 Å². The second kappa shape index (κ2) is 6.98. The van der Waals surface area contributed by atoms with E-state index in [2.05, 4.69) is 4.98 Å². The summed E-state index contributed by atoms with van der Waals surface area (Å²) in [6.07, 6.45) is 1.38. The summed E-state index contributed by atoms with van der Waals surface area (Å²) in [5, 5.41) is 0.858. The number of likely N-dealkylation sites (N-methyl/N-ethyl adjacent to an activating group) is 1. The minimum Gasteiger partial charge on any atom is -0.340 e. The van der Waals surface area contributed by atoms with E-state index in [9.17, 15) is 13.6 Å². The fourth-order valence-electron chi connectivity index (χ4n) is 2.45. The Balaban J connectivity index is 1.75. The minimum absolute atomic E-state index is 0.0423. The molecule has 1 heterocycles. The van der Waals surface area contributed by atoms with E-state index in [0.29, 0.717) is 27.6 Å². The van der Waals surface area contributed by atoms with E-state index in [4.69, 9.17) is 23.2 Å². The van der Waals surface area contributed by atoms with Crippen LogP contribution in [0.25, 0.3) is 11.0 Å². The molecule has 0 radical (unpaired) electrons. The van der Waals surface area contributed by atoms with Crippen LogP contribution in [-0.4, -0.2) is 27.4 Å². The molecule has 0 aliphatic heterocycles. The standard InChI is InChI=1S/C17H13Cl2F2N3O/c1-23(7-10-2-3-11(18)12(19)4-10)17(25)8-24-9-22-15-5-13(20)14(21)6-16(15)24/h2-6,9H,7-8H2,1H3. The first kappa shape index (κ1) is 17.6. The molecular weight excluding hydrogens is 371 g/mol. The van der Waals surface area contributed by atoms with Crippen LogP contribution in [0.5, 0.6) is 0 Å². The number of amides is 1. The highest BCUT2D eigenvalue weighted by Gasteiger charge is 2.14. The van der Waals surface area contributed by atoms with E-state index in [1.54, 1.807) is 25.2 Å². The highest BCUT2D eigenvalue weighted by Crippen LogP contribution is 2.23. The van der Waals surface area contributed by atoms with E-state index in [1.165, 1.54) is 15.8 Å². The summed E-state index contributed by atoms with van der Waals surface area (Å²) >= 11 is 11.8. The summed E-state index contributed by atoms with van der Waals surface area (Å²) in [6.45, 7) is 0.296. The monoisotopic (exact) mass is 383 g/mol. The summed E-state index contributed by atoms with van der Waals surface area (Å²) < 4.78 is 28.1. The van der Waals surface area contributed by atoms with Crippen molar-refractivity contribution in [1.29, 1.82) is 0 Å². The third-order valence-corrected chi connectivity index (χ3v) is 4.54. The Morgan fingerprint density at radius 3 is 2.60 bits per heavy atom. The smallest absolute Gasteiger partial charge is 0.242 e. The Morgan fingerprint density at radius 1 is 1.16 bits per heavy atom. The zero-order valence-electron chi connectivity index (χ0n) is 13.1. The molecule has 0 aliphatic carbocycles. The maximum absolute atomic E-state index is 13.4. The Labute approximate surface area is 152 Å². The normalized spacial score (nSPS) is 11.1. The van der Waals surface area contributed by atoms with E-state index in [0.717, 1.165) is 17.7 Å². The largest absolute Gasteiger partial charge is 0.340 e. The van der Waals surface area contributed by atoms with E-state index in [1.807, 2.05) is 0 Å². The van der Waals surface area contributed by atoms with Crippen LogP contribution in [0, 0.1) is 11.6 Å². The Hall–Kier alpha value is -2.18. The highest BCUT2D eigenvalue weighted by atomic mass is 35.5. The maximum atomic E-state index is 13.4. The number of benzene rings is 2. The van der Waals surface area contributed by atoms with Crippen LogP contribution in [0.1, 0.15) is 5.56 Å². The minimum atomic E-state index is -0.981. The molecule has 1 amide bonds. The second-order valence-corrected chi connectivity index (χ2v) is 6.44. The molecule has 0 fully saturated rings. The van der Waals surface area contributed by atoms with Crippen LogP contribution in [-0.2, 0) is 17.9 Å². The predicted molar refractivity (Wildman–Crippen MR) is 92.6 cm³/mol. The van der Waals surface area contributed by atoms with Crippen molar-refractivity contribution >= 4 is 40.1 Å². The molecule has 0 N–H and O–H groups in total. The lowest BCUT2D eigenvalue weighted by atomic mass is 10.2. The summed E-state index contributed by atoms with van der Waals surface area (Å²) in [5.74, 6) is -2.17. The molecule has 0 saturated heterocycles. The molecule has 0 unspecified atom stereocenters. The number of imidazole rings is 1. The van der Waals surface area contributed by atoms with Gasteiger partial charge in [0.05, 0.1) is 27.4 Å². The average molecular weight is 384 g/mol. The lowest BCUT2D eigenvalue weighted by molar-refractivity contribution is -0.131. The molecule has 3 aromatic rings. The predicted octanol–water partition coefficient (Wildman–Crippen LogP) is 4.28.